The van der Waals surface area contributed by atoms with Crippen LogP contribution in [0.15, 0.2) is 54.6 Å². The molecule has 7 heteroatoms. The van der Waals surface area contributed by atoms with E-state index >= 15 is 0 Å². The summed E-state index contributed by atoms with van der Waals surface area (Å²) in [5.41, 5.74) is 2.36. The van der Waals surface area contributed by atoms with E-state index in [4.69, 9.17) is 9.47 Å². The maximum absolute atomic E-state index is 12.2. The quantitative estimate of drug-likeness (QED) is 0.377. The van der Waals surface area contributed by atoms with Gasteiger partial charge in [0.1, 0.15) is 0 Å². The molecule has 0 bridgehead atoms. The van der Waals surface area contributed by atoms with Crippen molar-refractivity contribution in [3.05, 3.63) is 65.7 Å². The van der Waals surface area contributed by atoms with Gasteiger partial charge in [-0.05, 0) is 61.9 Å². The van der Waals surface area contributed by atoms with E-state index in [1.54, 1.807) is 24.3 Å². The number of nitrogens with one attached hydrogen (secondary N) is 2. The topological polar surface area (TPSA) is 93.7 Å². The highest BCUT2D eigenvalue weighted by Gasteiger charge is 2.16. The Bertz CT molecular complexity index is 893. The zero-order valence-corrected chi connectivity index (χ0v) is 18.9. The fraction of sp³-hybridized carbons (Fsp3) is 0.423. The first-order valence-corrected chi connectivity index (χ1v) is 11.6. The predicted molar refractivity (Wildman–Crippen MR) is 126 cm³/mol. The molecular weight excluding hydrogens is 420 g/mol. The van der Waals surface area contributed by atoms with Gasteiger partial charge in [0.25, 0.3) is 5.91 Å². The summed E-state index contributed by atoms with van der Waals surface area (Å²) in [6, 6.07) is 16.8. The zero-order chi connectivity index (χ0) is 23.3. The van der Waals surface area contributed by atoms with Crippen LogP contribution in [0.1, 0.15) is 54.4 Å². The van der Waals surface area contributed by atoms with Gasteiger partial charge in [-0.1, -0.05) is 30.3 Å². The number of anilines is 1. The molecule has 1 aliphatic heterocycles. The Labute approximate surface area is 194 Å². The van der Waals surface area contributed by atoms with Gasteiger partial charge in [0.2, 0.25) is 5.91 Å². The molecule has 0 aromatic heterocycles. The van der Waals surface area contributed by atoms with Crippen LogP contribution in [0, 0.1) is 0 Å². The van der Waals surface area contributed by atoms with E-state index < -0.39 is 0 Å². The summed E-state index contributed by atoms with van der Waals surface area (Å²) in [5.74, 6) is -0.623. The molecule has 0 spiro atoms. The van der Waals surface area contributed by atoms with Gasteiger partial charge in [0.15, 0.2) is 0 Å². The Hall–Kier alpha value is -3.19. The van der Waals surface area contributed by atoms with Crippen LogP contribution in [0.25, 0.3) is 0 Å². The minimum absolute atomic E-state index is 0.0964. The molecule has 1 saturated heterocycles. The number of benzene rings is 2. The van der Waals surface area contributed by atoms with Gasteiger partial charge in [0, 0.05) is 37.2 Å². The maximum Gasteiger partial charge on any atom is 0.305 e. The van der Waals surface area contributed by atoms with Crippen LogP contribution < -0.4 is 10.6 Å². The number of rotatable bonds is 12. The summed E-state index contributed by atoms with van der Waals surface area (Å²) in [6.07, 6.45) is 4.60. The number of esters is 1. The van der Waals surface area contributed by atoms with Crippen LogP contribution in [0.2, 0.25) is 0 Å². The van der Waals surface area contributed by atoms with Crippen molar-refractivity contribution in [2.75, 3.05) is 25.1 Å². The number of hydrogen-bond acceptors (Lipinski definition) is 5. The van der Waals surface area contributed by atoms with Gasteiger partial charge in [-0.25, -0.2) is 0 Å². The number of carbonyl (C=O) groups excluding carboxylic acids is 3. The predicted octanol–water partition coefficient (Wildman–Crippen LogP) is 3.88. The molecule has 1 aliphatic rings. The van der Waals surface area contributed by atoms with Crippen LogP contribution in [0.3, 0.4) is 0 Å². The monoisotopic (exact) mass is 452 g/mol. The molecule has 1 atom stereocenters. The van der Waals surface area contributed by atoms with Crippen LogP contribution in [0.4, 0.5) is 5.69 Å². The standard InChI is InChI=1S/C26H32N2O5/c29-24(11-4-12-25(30)33-18-5-9-20-7-2-1-3-8-20)28-22-15-13-21(14-16-22)26(31)27-19-23-10-6-17-32-23/h1-3,7-8,13-16,23H,4-6,9-12,17-19H2,(H,27,31)(H,28,29). The van der Waals surface area contributed by atoms with Crippen molar-refractivity contribution in [2.45, 2.75) is 51.0 Å². The normalized spacial score (nSPS) is 15.1. The molecule has 1 fully saturated rings. The Morgan fingerprint density at radius 1 is 0.970 bits per heavy atom. The van der Waals surface area contributed by atoms with Crippen LogP contribution in [0.5, 0.6) is 0 Å². The highest BCUT2D eigenvalue weighted by molar-refractivity contribution is 5.95. The van der Waals surface area contributed by atoms with Crippen molar-refractivity contribution in [3.63, 3.8) is 0 Å². The van der Waals surface area contributed by atoms with Crippen LogP contribution >= 0.6 is 0 Å². The van der Waals surface area contributed by atoms with Gasteiger partial charge in [0.05, 0.1) is 12.7 Å². The van der Waals surface area contributed by atoms with E-state index in [0.717, 1.165) is 32.3 Å². The lowest BCUT2D eigenvalue weighted by molar-refractivity contribution is -0.143. The molecular formula is C26H32N2O5. The lowest BCUT2D eigenvalue weighted by Gasteiger charge is -2.11. The van der Waals surface area contributed by atoms with E-state index in [0.29, 0.717) is 30.8 Å². The Balaban J connectivity index is 1.26. The summed E-state index contributed by atoms with van der Waals surface area (Å²) in [7, 11) is 0. The van der Waals surface area contributed by atoms with Crippen molar-refractivity contribution in [3.8, 4) is 0 Å². The zero-order valence-electron chi connectivity index (χ0n) is 18.9. The van der Waals surface area contributed by atoms with Crippen LogP contribution in [-0.4, -0.2) is 43.6 Å². The minimum Gasteiger partial charge on any atom is -0.466 e. The third-order valence-corrected chi connectivity index (χ3v) is 5.45. The van der Waals surface area contributed by atoms with Crippen molar-refractivity contribution in [2.24, 2.45) is 0 Å². The van der Waals surface area contributed by atoms with E-state index in [1.807, 2.05) is 18.2 Å². The van der Waals surface area contributed by atoms with Gasteiger partial charge in [-0.15, -0.1) is 0 Å². The molecule has 1 heterocycles. The SMILES string of the molecule is O=C(CCCC(=O)OCCCc1ccccc1)Nc1ccc(C(=O)NCC2CCCO2)cc1. The van der Waals surface area contributed by atoms with Gasteiger partial charge >= 0.3 is 5.97 Å². The van der Waals surface area contributed by atoms with E-state index in [9.17, 15) is 14.4 Å². The lowest BCUT2D eigenvalue weighted by atomic mass is 10.1. The first kappa shape index (κ1) is 24.5. The summed E-state index contributed by atoms with van der Waals surface area (Å²) in [4.78, 5) is 36.2. The van der Waals surface area contributed by atoms with Crippen LogP contribution in [-0.2, 0) is 25.5 Å². The van der Waals surface area contributed by atoms with Gasteiger partial charge < -0.3 is 20.1 Å². The largest absolute Gasteiger partial charge is 0.466 e. The first-order valence-electron chi connectivity index (χ1n) is 11.6. The molecule has 0 aliphatic carbocycles. The maximum atomic E-state index is 12.2. The second-order valence-electron chi connectivity index (χ2n) is 8.13. The smallest absolute Gasteiger partial charge is 0.305 e. The van der Waals surface area contributed by atoms with Crippen molar-refractivity contribution in [1.82, 2.24) is 5.32 Å². The molecule has 0 radical (unpaired) electrons. The third kappa shape index (κ3) is 9.06. The Morgan fingerprint density at radius 3 is 2.48 bits per heavy atom. The van der Waals surface area contributed by atoms with E-state index in [-0.39, 0.29) is 36.7 Å². The first-order chi connectivity index (χ1) is 16.1. The van der Waals surface area contributed by atoms with Gasteiger partial charge in [-0.3, -0.25) is 14.4 Å². The lowest BCUT2D eigenvalue weighted by Crippen LogP contribution is -2.31. The molecule has 1 unspecified atom stereocenters. The number of carbonyl (C=O) groups is 3. The Kier molecular flexibility index (Phi) is 9.91. The second kappa shape index (κ2) is 13.4. The fourth-order valence-corrected chi connectivity index (χ4v) is 3.61. The highest BCUT2D eigenvalue weighted by atomic mass is 16.5. The second-order valence-corrected chi connectivity index (χ2v) is 8.13. The average Bonchev–Trinajstić information content (AvgIpc) is 3.35. The van der Waals surface area contributed by atoms with Crippen molar-refractivity contribution < 1.29 is 23.9 Å². The molecule has 3 rings (SSSR count). The average molecular weight is 453 g/mol. The summed E-state index contributed by atoms with van der Waals surface area (Å²) < 4.78 is 10.7. The molecule has 2 aromatic rings. The fourth-order valence-electron chi connectivity index (χ4n) is 3.61. The molecule has 176 valence electrons. The van der Waals surface area contributed by atoms with Crippen molar-refractivity contribution in [1.29, 1.82) is 0 Å². The van der Waals surface area contributed by atoms with Crippen molar-refractivity contribution >= 4 is 23.5 Å². The number of hydrogen-bond donors (Lipinski definition) is 2. The number of amides is 2. The van der Waals surface area contributed by atoms with E-state index in [1.165, 1.54) is 5.56 Å². The number of ether oxygens (including phenoxy) is 2. The molecule has 0 saturated carbocycles. The molecule has 2 amide bonds. The molecule has 33 heavy (non-hydrogen) atoms. The summed E-state index contributed by atoms with van der Waals surface area (Å²) in [5, 5.41) is 5.66. The minimum atomic E-state index is -0.283. The molecule has 7 nitrogen and oxygen atoms in total. The van der Waals surface area contributed by atoms with E-state index in [2.05, 4.69) is 22.8 Å². The Morgan fingerprint density at radius 2 is 1.76 bits per heavy atom. The molecule has 2 aromatic carbocycles. The summed E-state index contributed by atoms with van der Waals surface area (Å²) in [6.45, 7) is 1.64. The third-order valence-electron chi connectivity index (χ3n) is 5.45. The molecule has 2 N–H and O–H groups in total. The number of aryl methyl sites for hydroxylation is 1. The summed E-state index contributed by atoms with van der Waals surface area (Å²) >= 11 is 0. The van der Waals surface area contributed by atoms with Gasteiger partial charge in [-0.2, -0.15) is 0 Å². The highest BCUT2D eigenvalue weighted by Crippen LogP contribution is 2.13.